The lowest BCUT2D eigenvalue weighted by Crippen LogP contribution is -2.63. The SMILES string of the molecule is CCOC(=O)N1CC([C@H](c2nc(-c3cc(F)ccc3F)cn2Cc2ccccc2)N2C[C@@H]3C(NC[C@@H]3F)[C@H](O)C2=O)C1. The van der Waals surface area contributed by atoms with Gasteiger partial charge in [-0.15, -0.1) is 0 Å². The van der Waals surface area contributed by atoms with Crippen LogP contribution in [0.1, 0.15) is 24.4 Å². The number of carbonyl (C=O) groups excluding carboxylic acids is 2. The summed E-state index contributed by atoms with van der Waals surface area (Å²) in [5, 5.41) is 13.9. The molecule has 0 bridgehead atoms. The van der Waals surface area contributed by atoms with Crippen molar-refractivity contribution in [2.45, 2.75) is 37.8 Å². The lowest BCUT2D eigenvalue weighted by Gasteiger charge is -2.49. The standard InChI is InChI=1S/C30H32F3N5O4/c1-2-42-30(41)37-13-18(14-37)26(38-15-21-23(33)11-34-25(21)27(39)29(38)40)28-35-24(20-10-19(31)8-9-22(20)32)16-36(28)12-17-6-4-3-5-7-17/h3-10,16,18,21,23,25-27,34,39H,2,11-15H2,1H3/t21-,23-,25?,26+,27-/m0/s1. The Morgan fingerprint density at radius 3 is 2.67 bits per heavy atom. The Bertz CT molecular complexity index is 1460. The number of hydrogen-bond acceptors (Lipinski definition) is 6. The number of aliphatic hydroxyl groups is 1. The molecule has 2 aromatic carbocycles. The monoisotopic (exact) mass is 583 g/mol. The molecule has 0 aliphatic carbocycles. The maximum atomic E-state index is 14.9. The van der Waals surface area contributed by atoms with Crippen LogP contribution in [-0.4, -0.2) is 87.6 Å². The van der Waals surface area contributed by atoms with E-state index in [2.05, 4.69) is 5.32 Å². The summed E-state index contributed by atoms with van der Waals surface area (Å²) >= 11 is 0. The van der Waals surface area contributed by atoms with E-state index in [-0.39, 0.29) is 50.0 Å². The minimum Gasteiger partial charge on any atom is -0.450 e. The molecular weight excluding hydrogens is 551 g/mol. The lowest BCUT2D eigenvalue weighted by molar-refractivity contribution is -0.155. The fourth-order valence-electron chi connectivity index (χ4n) is 6.32. The Balaban J connectivity index is 1.44. The number of nitrogens with one attached hydrogen (secondary N) is 1. The van der Waals surface area contributed by atoms with Crippen molar-refractivity contribution in [3.63, 3.8) is 0 Å². The highest BCUT2D eigenvalue weighted by Gasteiger charge is 2.53. The third kappa shape index (κ3) is 5.13. The van der Waals surface area contributed by atoms with Gasteiger partial charge in [0.25, 0.3) is 5.91 Å². The first-order valence-electron chi connectivity index (χ1n) is 14.1. The highest BCUT2D eigenvalue weighted by atomic mass is 19.1. The van der Waals surface area contributed by atoms with Gasteiger partial charge < -0.3 is 29.5 Å². The van der Waals surface area contributed by atoms with E-state index in [1.807, 2.05) is 30.3 Å². The van der Waals surface area contributed by atoms with E-state index in [1.54, 1.807) is 17.7 Å². The highest BCUT2D eigenvalue weighted by Crippen LogP contribution is 2.41. The molecule has 42 heavy (non-hydrogen) atoms. The number of aliphatic hydroxyl groups excluding tert-OH is 1. The number of piperidine rings is 1. The maximum absolute atomic E-state index is 14.9. The van der Waals surface area contributed by atoms with Crippen molar-refractivity contribution in [1.82, 2.24) is 24.7 Å². The number of benzene rings is 2. The van der Waals surface area contributed by atoms with Gasteiger partial charge in [0.2, 0.25) is 0 Å². The van der Waals surface area contributed by atoms with Crippen molar-refractivity contribution in [2.75, 3.05) is 32.8 Å². The number of amides is 2. The number of imidazole rings is 1. The summed E-state index contributed by atoms with van der Waals surface area (Å²) in [6, 6.07) is 11.1. The van der Waals surface area contributed by atoms with Gasteiger partial charge in [-0.05, 0) is 30.7 Å². The summed E-state index contributed by atoms with van der Waals surface area (Å²) in [4.78, 5) is 33.8. The van der Waals surface area contributed by atoms with Crippen LogP contribution in [0.4, 0.5) is 18.0 Å². The molecule has 0 saturated carbocycles. The van der Waals surface area contributed by atoms with Crippen molar-refractivity contribution >= 4 is 12.0 Å². The van der Waals surface area contributed by atoms with Gasteiger partial charge in [-0.25, -0.2) is 22.9 Å². The van der Waals surface area contributed by atoms with Crippen LogP contribution in [-0.2, 0) is 16.1 Å². The second kappa shape index (κ2) is 11.4. The molecule has 5 atom stereocenters. The smallest absolute Gasteiger partial charge is 0.409 e. The first-order chi connectivity index (χ1) is 20.2. The molecule has 222 valence electrons. The number of halogens is 3. The zero-order valence-electron chi connectivity index (χ0n) is 23.0. The van der Waals surface area contributed by atoms with E-state index in [0.717, 1.165) is 23.8 Å². The summed E-state index contributed by atoms with van der Waals surface area (Å²) in [5.74, 6) is -2.48. The number of ether oxygens (including phenoxy) is 1. The number of fused-ring (bicyclic) bond motifs is 1. The second-order valence-corrected chi connectivity index (χ2v) is 11.1. The second-order valence-electron chi connectivity index (χ2n) is 11.1. The maximum Gasteiger partial charge on any atom is 0.409 e. The van der Waals surface area contributed by atoms with Gasteiger partial charge in [0.05, 0.1) is 18.3 Å². The molecule has 3 fully saturated rings. The van der Waals surface area contributed by atoms with E-state index in [4.69, 9.17) is 9.72 Å². The van der Waals surface area contributed by atoms with Crippen LogP contribution in [0.5, 0.6) is 0 Å². The first kappa shape index (κ1) is 28.2. The first-order valence-corrected chi connectivity index (χ1v) is 14.1. The van der Waals surface area contributed by atoms with Gasteiger partial charge in [-0.3, -0.25) is 4.79 Å². The quantitative estimate of drug-likeness (QED) is 0.444. The molecule has 3 aliphatic heterocycles. The Kier molecular flexibility index (Phi) is 7.67. The number of nitrogens with zero attached hydrogens (tertiary/aromatic N) is 4. The van der Waals surface area contributed by atoms with Crippen LogP contribution in [0, 0.1) is 23.5 Å². The zero-order chi connectivity index (χ0) is 29.5. The van der Waals surface area contributed by atoms with E-state index in [1.165, 1.54) is 9.80 Å². The molecule has 3 saturated heterocycles. The molecule has 2 amide bonds. The van der Waals surface area contributed by atoms with E-state index >= 15 is 0 Å². The Labute approximate surface area is 240 Å². The summed E-state index contributed by atoms with van der Waals surface area (Å²) < 4.78 is 51.0. The molecule has 3 aromatic rings. The van der Waals surface area contributed by atoms with E-state index < -0.39 is 53.9 Å². The predicted octanol–water partition coefficient (Wildman–Crippen LogP) is 3.14. The fraction of sp³-hybridized carbons (Fsp3) is 0.433. The van der Waals surface area contributed by atoms with Crippen LogP contribution >= 0.6 is 0 Å². The van der Waals surface area contributed by atoms with Crippen molar-refractivity contribution in [3.05, 3.63) is 77.8 Å². The van der Waals surface area contributed by atoms with Crippen LogP contribution in [0.15, 0.2) is 54.7 Å². The van der Waals surface area contributed by atoms with Crippen LogP contribution in [0.2, 0.25) is 0 Å². The van der Waals surface area contributed by atoms with E-state index in [0.29, 0.717) is 12.4 Å². The zero-order valence-corrected chi connectivity index (χ0v) is 23.0. The summed E-state index contributed by atoms with van der Waals surface area (Å²) in [7, 11) is 0. The molecule has 9 nitrogen and oxygen atoms in total. The molecule has 6 rings (SSSR count). The average Bonchev–Trinajstić information content (AvgIpc) is 3.53. The summed E-state index contributed by atoms with van der Waals surface area (Å²) in [6.45, 7) is 2.74. The fourth-order valence-corrected chi connectivity index (χ4v) is 6.32. The molecule has 2 N–H and O–H groups in total. The molecule has 1 aromatic heterocycles. The molecule has 12 heteroatoms. The largest absolute Gasteiger partial charge is 0.450 e. The predicted molar refractivity (Wildman–Crippen MR) is 146 cm³/mol. The van der Waals surface area contributed by atoms with Crippen molar-refractivity contribution < 1.29 is 32.6 Å². The van der Waals surface area contributed by atoms with Gasteiger partial charge in [0.1, 0.15) is 29.7 Å². The number of carbonyl (C=O) groups is 2. The van der Waals surface area contributed by atoms with Gasteiger partial charge in [-0.2, -0.15) is 0 Å². The average molecular weight is 584 g/mol. The van der Waals surface area contributed by atoms with Crippen molar-refractivity contribution in [1.29, 1.82) is 0 Å². The number of rotatable bonds is 7. The highest BCUT2D eigenvalue weighted by molar-refractivity contribution is 5.83. The summed E-state index contributed by atoms with van der Waals surface area (Å²) in [5.41, 5.74) is 1.02. The minimum atomic E-state index is -1.47. The number of hydrogen-bond donors (Lipinski definition) is 2. The van der Waals surface area contributed by atoms with Crippen molar-refractivity contribution in [2.24, 2.45) is 11.8 Å². The third-order valence-electron chi connectivity index (χ3n) is 8.45. The van der Waals surface area contributed by atoms with Gasteiger partial charge >= 0.3 is 6.09 Å². The van der Waals surface area contributed by atoms with Crippen LogP contribution < -0.4 is 5.32 Å². The molecular formula is C30H32F3N5O4. The normalized spacial score (nSPS) is 24.8. The molecule has 3 aliphatic rings. The molecule has 0 spiro atoms. The number of likely N-dealkylation sites (tertiary alicyclic amines) is 2. The van der Waals surface area contributed by atoms with Crippen LogP contribution in [0.3, 0.4) is 0 Å². The van der Waals surface area contributed by atoms with Crippen LogP contribution in [0.25, 0.3) is 11.3 Å². The molecule has 1 unspecified atom stereocenters. The summed E-state index contributed by atoms with van der Waals surface area (Å²) in [6.07, 6.45) is -1.61. The Hall–Kier alpha value is -3.90. The minimum absolute atomic E-state index is 0.0250. The molecule has 0 radical (unpaired) electrons. The van der Waals surface area contributed by atoms with Gasteiger partial charge in [0.15, 0.2) is 0 Å². The van der Waals surface area contributed by atoms with Gasteiger partial charge in [-0.1, -0.05) is 30.3 Å². The van der Waals surface area contributed by atoms with Crippen molar-refractivity contribution in [3.8, 4) is 11.3 Å². The third-order valence-corrected chi connectivity index (χ3v) is 8.45. The number of aromatic nitrogens is 2. The number of alkyl halides is 1. The Morgan fingerprint density at radius 2 is 1.93 bits per heavy atom. The topological polar surface area (TPSA) is 99.9 Å². The van der Waals surface area contributed by atoms with Gasteiger partial charge in [0, 0.05) is 62.4 Å². The lowest BCUT2D eigenvalue weighted by atomic mass is 9.84. The molecule has 4 heterocycles. The Morgan fingerprint density at radius 1 is 1.17 bits per heavy atom. The van der Waals surface area contributed by atoms with E-state index in [9.17, 15) is 27.9 Å².